The van der Waals surface area contributed by atoms with Crippen LogP contribution in [0, 0.1) is 20.8 Å². The first-order chi connectivity index (χ1) is 16.8. The molecule has 7 nitrogen and oxygen atoms in total. The molecule has 4 aromatic rings. The Bertz CT molecular complexity index is 1390. The summed E-state index contributed by atoms with van der Waals surface area (Å²) >= 11 is 5.38. The van der Waals surface area contributed by atoms with Crippen LogP contribution in [0.1, 0.15) is 40.9 Å². The summed E-state index contributed by atoms with van der Waals surface area (Å²) < 4.78 is 0. The average molecular weight is 487 g/mol. The summed E-state index contributed by atoms with van der Waals surface area (Å²) in [5, 5.41) is 15.5. The van der Waals surface area contributed by atoms with Gasteiger partial charge in [0.15, 0.2) is 5.11 Å². The number of hydrogen-bond acceptors (Lipinski definition) is 5. The van der Waals surface area contributed by atoms with Gasteiger partial charge in [0.1, 0.15) is 11.0 Å². The predicted octanol–water partition coefficient (Wildman–Crippen LogP) is 5.32. The number of nitrogens with one attached hydrogen (secondary N) is 2. The molecule has 2 N–H and O–H groups in total. The van der Waals surface area contributed by atoms with Gasteiger partial charge in [-0.05, 0) is 100 Å². The van der Waals surface area contributed by atoms with E-state index in [4.69, 9.17) is 22.4 Å². The minimum atomic E-state index is -0.254. The van der Waals surface area contributed by atoms with Gasteiger partial charge in [0, 0.05) is 30.0 Å². The predicted molar refractivity (Wildman–Crippen MR) is 147 cm³/mol. The smallest absolute Gasteiger partial charge is 0.257 e. The van der Waals surface area contributed by atoms with Crippen molar-refractivity contribution in [3.05, 3.63) is 76.9 Å². The van der Waals surface area contributed by atoms with Gasteiger partial charge in [0.2, 0.25) is 0 Å². The summed E-state index contributed by atoms with van der Waals surface area (Å²) in [7, 11) is 0. The lowest BCUT2D eigenvalue weighted by Gasteiger charge is -2.22. The van der Waals surface area contributed by atoms with Gasteiger partial charge in [-0.3, -0.25) is 10.1 Å². The van der Waals surface area contributed by atoms with Crippen LogP contribution in [0.4, 0.5) is 11.4 Å². The highest BCUT2D eigenvalue weighted by Crippen LogP contribution is 2.25. The fourth-order valence-corrected chi connectivity index (χ4v) is 4.20. The summed E-state index contributed by atoms with van der Waals surface area (Å²) in [5.41, 5.74) is 8.11. The van der Waals surface area contributed by atoms with Crippen molar-refractivity contribution in [2.45, 2.75) is 34.6 Å². The third-order valence-corrected chi connectivity index (χ3v) is 6.24. The van der Waals surface area contributed by atoms with E-state index in [2.05, 4.69) is 54.5 Å². The molecule has 8 heteroatoms. The minimum absolute atomic E-state index is 0.230. The van der Waals surface area contributed by atoms with Gasteiger partial charge in [0.25, 0.3) is 5.91 Å². The first-order valence-corrected chi connectivity index (χ1v) is 12.1. The maximum Gasteiger partial charge on any atom is 0.257 e. The number of anilines is 2. The van der Waals surface area contributed by atoms with Crippen LogP contribution in [-0.2, 0) is 0 Å². The molecule has 35 heavy (non-hydrogen) atoms. The van der Waals surface area contributed by atoms with Gasteiger partial charge in [-0.2, -0.15) is 4.80 Å². The number of aryl methyl sites for hydroxylation is 3. The van der Waals surface area contributed by atoms with Crippen LogP contribution >= 0.6 is 12.2 Å². The largest absolute Gasteiger partial charge is 0.372 e. The summed E-state index contributed by atoms with van der Waals surface area (Å²) in [6, 6.07) is 17.5. The van der Waals surface area contributed by atoms with E-state index in [0.29, 0.717) is 5.56 Å². The van der Waals surface area contributed by atoms with Crippen molar-refractivity contribution in [3.8, 4) is 5.69 Å². The number of carbonyl (C=O) groups excluding carboxylic acids is 1. The number of benzene rings is 3. The zero-order valence-corrected chi connectivity index (χ0v) is 21.5. The third kappa shape index (κ3) is 5.33. The molecular formula is C27H30N6OS. The molecule has 0 aliphatic heterocycles. The Balaban J connectivity index is 1.54. The van der Waals surface area contributed by atoms with Crippen molar-refractivity contribution in [1.29, 1.82) is 0 Å². The molecule has 0 saturated carbocycles. The molecule has 1 heterocycles. The van der Waals surface area contributed by atoms with Crippen molar-refractivity contribution in [2.75, 3.05) is 23.3 Å². The zero-order chi connectivity index (χ0) is 25.1. The average Bonchev–Trinajstić information content (AvgIpc) is 3.22. The molecular weight excluding hydrogens is 456 g/mol. The fourth-order valence-electron chi connectivity index (χ4n) is 3.99. The molecule has 0 aliphatic rings. The van der Waals surface area contributed by atoms with E-state index in [9.17, 15) is 4.79 Å². The van der Waals surface area contributed by atoms with E-state index in [1.165, 1.54) is 5.69 Å². The van der Waals surface area contributed by atoms with E-state index in [0.717, 1.165) is 52.2 Å². The second-order valence-corrected chi connectivity index (χ2v) is 8.97. The lowest BCUT2D eigenvalue weighted by Crippen LogP contribution is -2.34. The van der Waals surface area contributed by atoms with Crippen molar-refractivity contribution in [1.82, 2.24) is 20.3 Å². The number of hydrogen-bond donors (Lipinski definition) is 2. The number of aromatic nitrogens is 3. The first-order valence-electron chi connectivity index (χ1n) is 11.7. The zero-order valence-electron chi connectivity index (χ0n) is 20.7. The van der Waals surface area contributed by atoms with Gasteiger partial charge in [0.05, 0.1) is 5.69 Å². The van der Waals surface area contributed by atoms with E-state index in [1.807, 2.05) is 38.1 Å². The molecule has 0 bridgehead atoms. The van der Waals surface area contributed by atoms with E-state index in [1.54, 1.807) is 16.9 Å². The summed E-state index contributed by atoms with van der Waals surface area (Å²) in [4.78, 5) is 16.5. The van der Waals surface area contributed by atoms with Gasteiger partial charge >= 0.3 is 0 Å². The number of carbonyl (C=O) groups is 1. The Hall–Kier alpha value is -3.78. The Morgan fingerprint density at radius 1 is 0.914 bits per heavy atom. The van der Waals surface area contributed by atoms with Gasteiger partial charge < -0.3 is 10.2 Å². The highest BCUT2D eigenvalue weighted by Gasteiger charge is 2.13. The highest BCUT2D eigenvalue weighted by molar-refractivity contribution is 7.80. The lowest BCUT2D eigenvalue weighted by atomic mass is 10.1. The van der Waals surface area contributed by atoms with Crippen LogP contribution in [0.2, 0.25) is 0 Å². The monoisotopic (exact) mass is 486 g/mol. The SMILES string of the molecule is CCN(CC)c1ccc(-n2nc3cc(C)c(NC(=S)NC(=O)c4ccc(C)cc4)cc3n2)c(C)c1. The molecule has 0 saturated heterocycles. The number of amides is 1. The third-order valence-electron chi connectivity index (χ3n) is 6.04. The van der Waals surface area contributed by atoms with Gasteiger partial charge in [-0.1, -0.05) is 17.7 Å². The summed E-state index contributed by atoms with van der Waals surface area (Å²) in [6.07, 6.45) is 0. The Kier molecular flexibility index (Phi) is 7.12. The molecule has 0 radical (unpaired) electrons. The van der Waals surface area contributed by atoms with Crippen LogP contribution in [0.15, 0.2) is 54.6 Å². The minimum Gasteiger partial charge on any atom is -0.372 e. The molecule has 3 aromatic carbocycles. The Morgan fingerprint density at radius 3 is 2.20 bits per heavy atom. The molecule has 4 rings (SSSR count). The lowest BCUT2D eigenvalue weighted by molar-refractivity contribution is 0.0977. The number of nitrogens with zero attached hydrogens (tertiary/aromatic N) is 4. The molecule has 0 unspecified atom stereocenters. The molecule has 1 aromatic heterocycles. The van der Waals surface area contributed by atoms with E-state index < -0.39 is 0 Å². The number of thiocarbonyl (C=S) groups is 1. The number of fused-ring (bicyclic) bond motifs is 1. The summed E-state index contributed by atoms with van der Waals surface area (Å²) in [6.45, 7) is 12.2. The van der Waals surface area contributed by atoms with E-state index >= 15 is 0 Å². The number of rotatable bonds is 6. The molecule has 0 aliphatic carbocycles. The van der Waals surface area contributed by atoms with Crippen molar-refractivity contribution >= 4 is 45.6 Å². The molecule has 180 valence electrons. The van der Waals surface area contributed by atoms with Crippen LogP contribution in [-0.4, -0.2) is 39.1 Å². The topological polar surface area (TPSA) is 75.1 Å². The normalized spacial score (nSPS) is 10.9. The van der Waals surface area contributed by atoms with Crippen LogP contribution in [0.25, 0.3) is 16.7 Å². The quantitative estimate of drug-likeness (QED) is 0.359. The van der Waals surface area contributed by atoms with Crippen LogP contribution in [0.5, 0.6) is 0 Å². The maximum atomic E-state index is 12.5. The first kappa shape index (κ1) is 24.3. The second-order valence-electron chi connectivity index (χ2n) is 8.56. The fraction of sp³-hybridized carbons (Fsp3) is 0.259. The summed E-state index contributed by atoms with van der Waals surface area (Å²) in [5.74, 6) is -0.254. The van der Waals surface area contributed by atoms with Crippen molar-refractivity contribution in [2.24, 2.45) is 0 Å². The van der Waals surface area contributed by atoms with Gasteiger partial charge in [-0.15, -0.1) is 10.2 Å². The van der Waals surface area contributed by atoms with Crippen molar-refractivity contribution < 1.29 is 4.79 Å². The molecule has 1 amide bonds. The van der Waals surface area contributed by atoms with Crippen LogP contribution in [0.3, 0.4) is 0 Å². The van der Waals surface area contributed by atoms with Crippen LogP contribution < -0.4 is 15.5 Å². The van der Waals surface area contributed by atoms with E-state index in [-0.39, 0.29) is 11.0 Å². The second kappa shape index (κ2) is 10.2. The standard InChI is InChI=1S/C27H30N6OS/c1-6-32(7-2)21-12-13-25(19(5)14-21)33-30-23-15-18(4)22(16-24(23)31-33)28-27(35)29-26(34)20-10-8-17(3)9-11-20/h8-16H,6-7H2,1-5H3,(H2,28,29,34,35). The Morgan fingerprint density at radius 2 is 1.57 bits per heavy atom. The molecule has 0 spiro atoms. The Labute approximate surface area is 211 Å². The molecule has 0 atom stereocenters. The highest BCUT2D eigenvalue weighted by atomic mass is 32.1. The van der Waals surface area contributed by atoms with Gasteiger partial charge in [-0.25, -0.2) is 0 Å². The molecule has 0 fully saturated rings. The maximum absolute atomic E-state index is 12.5. The van der Waals surface area contributed by atoms with Crippen molar-refractivity contribution in [3.63, 3.8) is 0 Å².